The summed E-state index contributed by atoms with van der Waals surface area (Å²) < 4.78 is 22.7. The molecule has 1 saturated heterocycles. The summed E-state index contributed by atoms with van der Waals surface area (Å²) in [5.74, 6) is -0.780. The van der Waals surface area contributed by atoms with Gasteiger partial charge < -0.3 is 24.3 Å². The third-order valence-electron chi connectivity index (χ3n) is 6.55. The van der Waals surface area contributed by atoms with E-state index < -0.39 is 17.8 Å². The number of carbonyl (C=O) groups is 4. The van der Waals surface area contributed by atoms with Crippen LogP contribution in [-0.4, -0.2) is 51.2 Å². The highest BCUT2D eigenvalue weighted by atomic mass is 79.9. The topological polar surface area (TPSA) is 132 Å². The molecular weight excluding hydrogens is 634 g/mol. The van der Waals surface area contributed by atoms with E-state index in [9.17, 15) is 19.2 Å². The Kier molecular flexibility index (Phi) is 10.3. The Bertz CT molecular complexity index is 1650. The molecule has 0 unspecified atom stereocenters. The highest BCUT2D eigenvalue weighted by Gasteiger charge is 2.37. The van der Waals surface area contributed by atoms with Crippen molar-refractivity contribution in [2.75, 3.05) is 37.7 Å². The average molecular weight is 667 g/mol. The first-order valence-electron chi connectivity index (χ1n) is 13.7. The van der Waals surface area contributed by atoms with Gasteiger partial charge in [0.1, 0.15) is 5.57 Å². The van der Waals surface area contributed by atoms with Gasteiger partial charge in [0.2, 0.25) is 0 Å². The number of aryl methyl sites for hydroxylation is 2. The van der Waals surface area contributed by atoms with Gasteiger partial charge in [0.05, 0.1) is 31.0 Å². The number of carbonyl (C=O) groups excluding carboxylic acids is 4. The smallest absolute Gasteiger partial charge is 0.335 e. The van der Waals surface area contributed by atoms with E-state index in [2.05, 4.69) is 26.6 Å². The summed E-state index contributed by atoms with van der Waals surface area (Å²) in [5, 5.41) is 5.04. The standard InChI is InChI=1S/C32H32BrN3O8/c1-6-11-43-25-10-9-21(16-26(25)41-4)36-31(39)22(30(38)35-32(36)40)13-20-14-23(33)29(27(15-20)42-5)44-17-28(37)34-24-12-18(2)7-8-19(24)3/h7-10,12-16H,6,11,17H2,1-5H3,(H,34,37)(H,35,38,40)/b22-13-. The molecule has 0 saturated carbocycles. The van der Waals surface area contributed by atoms with E-state index in [4.69, 9.17) is 18.9 Å². The number of nitrogens with one attached hydrogen (secondary N) is 2. The van der Waals surface area contributed by atoms with Crippen LogP contribution in [0.1, 0.15) is 30.0 Å². The molecule has 0 aliphatic carbocycles. The van der Waals surface area contributed by atoms with Crippen LogP contribution in [0.25, 0.3) is 6.08 Å². The number of imide groups is 2. The SMILES string of the molecule is CCCOc1ccc(N2C(=O)NC(=O)/C(=C/c3cc(Br)c(OCC(=O)Nc4cc(C)ccc4C)c(OC)c3)C2=O)cc1OC. The van der Waals surface area contributed by atoms with Crippen LogP contribution in [0, 0.1) is 13.8 Å². The van der Waals surface area contributed by atoms with Gasteiger partial charge in [-0.15, -0.1) is 0 Å². The second-order valence-electron chi connectivity index (χ2n) is 9.83. The predicted molar refractivity (Wildman–Crippen MR) is 169 cm³/mol. The zero-order valence-corrected chi connectivity index (χ0v) is 26.5. The summed E-state index contributed by atoms with van der Waals surface area (Å²) in [6, 6.07) is 12.6. The number of anilines is 2. The van der Waals surface area contributed by atoms with Gasteiger partial charge >= 0.3 is 6.03 Å². The highest BCUT2D eigenvalue weighted by molar-refractivity contribution is 9.10. The van der Waals surface area contributed by atoms with Gasteiger partial charge in [-0.3, -0.25) is 19.7 Å². The lowest BCUT2D eigenvalue weighted by Crippen LogP contribution is -2.54. The third kappa shape index (κ3) is 7.20. The normalized spacial score (nSPS) is 13.9. The molecule has 230 valence electrons. The number of rotatable bonds is 11. The molecule has 1 aliphatic rings. The lowest BCUT2D eigenvalue weighted by Gasteiger charge is -2.27. The van der Waals surface area contributed by atoms with Crippen molar-refractivity contribution in [2.24, 2.45) is 0 Å². The molecule has 1 heterocycles. The Balaban J connectivity index is 1.57. The van der Waals surface area contributed by atoms with Crippen LogP contribution < -0.4 is 34.5 Å². The van der Waals surface area contributed by atoms with Crippen molar-refractivity contribution in [1.82, 2.24) is 5.32 Å². The first kappa shape index (κ1) is 32.1. The lowest BCUT2D eigenvalue weighted by molar-refractivity contribution is -0.122. The molecule has 1 fully saturated rings. The van der Waals surface area contributed by atoms with Gasteiger partial charge in [-0.2, -0.15) is 0 Å². The van der Waals surface area contributed by atoms with E-state index in [1.807, 2.05) is 39.0 Å². The second-order valence-corrected chi connectivity index (χ2v) is 10.7. The Labute approximate surface area is 263 Å². The first-order valence-corrected chi connectivity index (χ1v) is 14.4. The predicted octanol–water partition coefficient (Wildman–Crippen LogP) is 5.56. The zero-order chi connectivity index (χ0) is 32.0. The number of nitrogens with zero attached hydrogens (tertiary/aromatic N) is 1. The molecular formula is C32H32BrN3O8. The van der Waals surface area contributed by atoms with Crippen LogP contribution in [0.3, 0.4) is 0 Å². The van der Waals surface area contributed by atoms with E-state index in [1.165, 1.54) is 32.4 Å². The Morgan fingerprint density at radius 1 is 0.955 bits per heavy atom. The van der Waals surface area contributed by atoms with Gasteiger partial charge in [0.15, 0.2) is 29.6 Å². The van der Waals surface area contributed by atoms with Crippen LogP contribution in [0.4, 0.5) is 16.2 Å². The molecule has 0 aromatic heterocycles. The van der Waals surface area contributed by atoms with Crippen LogP contribution >= 0.6 is 15.9 Å². The largest absolute Gasteiger partial charge is 0.493 e. The summed E-state index contributed by atoms with van der Waals surface area (Å²) in [6.07, 6.45) is 2.11. The number of hydrogen-bond donors (Lipinski definition) is 2. The minimum atomic E-state index is -0.900. The van der Waals surface area contributed by atoms with Crippen molar-refractivity contribution in [1.29, 1.82) is 0 Å². The van der Waals surface area contributed by atoms with Crippen molar-refractivity contribution in [3.8, 4) is 23.0 Å². The Morgan fingerprint density at radius 3 is 2.41 bits per heavy atom. The minimum Gasteiger partial charge on any atom is -0.493 e. The first-order chi connectivity index (χ1) is 21.1. The fraction of sp³-hybridized carbons (Fsp3) is 0.250. The molecule has 2 N–H and O–H groups in total. The molecule has 44 heavy (non-hydrogen) atoms. The van der Waals surface area contributed by atoms with Crippen molar-refractivity contribution < 1.29 is 38.1 Å². The molecule has 0 bridgehead atoms. The van der Waals surface area contributed by atoms with Gasteiger partial charge in [0, 0.05) is 11.8 Å². The maximum atomic E-state index is 13.5. The fourth-order valence-electron chi connectivity index (χ4n) is 4.34. The number of halogens is 1. The average Bonchev–Trinajstić information content (AvgIpc) is 2.99. The summed E-state index contributed by atoms with van der Waals surface area (Å²) in [5.41, 5.74) is 2.91. The molecule has 0 radical (unpaired) electrons. The van der Waals surface area contributed by atoms with E-state index in [1.54, 1.807) is 18.2 Å². The second kappa shape index (κ2) is 14.1. The van der Waals surface area contributed by atoms with Crippen LogP contribution in [0.15, 0.2) is 58.6 Å². The molecule has 1 aliphatic heterocycles. The van der Waals surface area contributed by atoms with E-state index in [0.29, 0.717) is 33.8 Å². The maximum absolute atomic E-state index is 13.5. The molecule has 11 nitrogen and oxygen atoms in total. The summed E-state index contributed by atoms with van der Waals surface area (Å²) >= 11 is 3.43. The number of barbiturate groups is 1. The molecule has 3 aromatic rings. The van der Waals surface area contributed by atoms with Crippen LogP contribution in [0.2, 0.25) is 0 Å². The Morgan fingerprint density at radius 2 is 1.70 bits per heavy atom. The lowest BCUT2D eigenvalue weighted by atomic mass is 10.1. The number of amides is 5. The molecule has 0 spiro atoms. The number of benzene rings is 3. The number of urea groups is 1. The summed E-state index contributed by atoms with van der Waals surface area (Å²) in [6.45, 7) is 5.95. The van der Waals surface area contributed by atoms with Gasteiger partial charge in [-0.25, -0.2) is 9.69 Å². The number of ether oxygens (including phenoxy) is 4. The van der Waals surface area contributed by atoms with Crippen molar-refractivity contribution >= 4 is 57.1 Å². The number of methoxy groups -OCH3 is 2. The molecule has 0 atom stereocenters. The van der Waals surface area contributed by atoms with E-state index in [0.717, 1.165) is 22.4 Å². The van der Waals surface area contributed by atoms with Crippen LogP contribution in [-0.2, 0) is 14.4 Å². The summed E-state index contributed by atoms with van der Waals surface area (Å²) in [4.78, 5) is 52.4. The van der Waals surface area contributed by atoms with Crippen molar-refractivity contribution in [2.45, 2.75) is 27.2 Å². The van der Waals surface area contributed by atoms with Crippen molar-refractivity contribution in [3.05, 3.63) is 75.3 Å². The quantitative estimate of drug-likeness (QED) is 0.201. The number of hydrogen-bond acceptors (Lipinski definition) is 8. The molecule has 3 aromatic carbocycles. The van der Waals surface area contributed by atoms with Gasteiger partial charge in [-0.1, -0.05) is 19.1 Å². The van der Waals surface area contributed by atoms with E-state index in [-0.39, 0.29) is 35.3 Å². The summed E-state index contributed by atoms with van der Waals surface area (Å²) in [7, 11) is 2.86. The molecule has 5 amide bonds. The highest BCUT2D eigenvalue weighted by Crippen LogP contribution is 2.38. The van der Waals surface area contributed by atoms with Crippen LogP contribution in [0.5, 0.6) is 23.0 Å². The van der Waals surface area contributed by atoms with E-state index >= 15 is 0 Å². The monoisotopic (exact) mass is 665 g/mol. The maximum Gasteiger partial charge on any atom is 0.335 e. The fourth-order valence-corrected chi connectivity index (χ4v) is 4.92. The minimum absolute atomic E-state index is 0.188. The van der Waals surface area contributed by atoms with Gasteiger partial charge in [-0.05, 0) is 89.3 Å². The van der Waals surface area contributed by atoms with Gasteiger partial charge in [0.25, 0.3) is 17.7 Å². The zero-order valence-electron chi connectivity index (χ0n) is 24.9. The third-order valence-corrected chi connectivity index (χ3v) is 7.14. The molecule has 4 rings (SSSR count). The molecule has 12 heteroatoms. The van der Waals surface area contributed by atoms with Crippen molar-refractivity contribution in [3.63, 3.8) is 0 Å². The Hall–Kier alpha value is -4.84.